The van der Waals surface area contributed by atoms with Gasteiger partial charge in [0, 0.05) is 24.7 Å². The summed E-state index contributed by atoms with van der Waals surface area (Å²) < 4.78 is 5.19. The lowest BCUT2D eigenvalue weighted by Gasteiger charge is -2.21. The highest BCUT2D eigenvalue weighted by Crippen LogP contribution is 2.30. The van der Waals surface area contributed by atoms with Gasteiger partial charge in [0.05, 0.1) is 7.11 Å². The highest BCUT2D eigenvalue weighted by molar-refractivity contribution is 5.40. The van der Waals surface area contributed by atoms with Crippen molar-refractivity contribution >= 4 is 5.82 Å². The minimum absolute atomic E-state index is 0.520. The number of anilines is 1. The molecule has 0 bridgehead atoms. The van der Waals surface area contributed by atoms with Gasteiger partial charge in [-0.2, -0.15) is 4.98 Å². The fourth-order valence-corrected chi connectivity index (χ4v) is 3.16. The molecule has 2 fully saturated rings. The van der Waals surface area contributed by atoms with Crippen molar-refractivity contribution in [3.8, 4) is 5.88 Å². The molecule has 98 valence electrons. The standard InChI is InChI=1S/C13H20N4O/c1-9-14-12(8-13(15-9)18-2)16-10-5-7-17-6-3-4-11(10)17/h8,10-11H,3-7H2,1-2H3,(H,14,15,16). The second kappa shape index (κ2) is 4.72. The van der Waals surface area contributed by atoms with E-state index in [4.69, 9.17) is 4.74 Å². The number of hydrogen-bond donors (Lipinski definition) is 1. The lowest BCUT2D eigenvalue weighted by Crippen LogP contribution is -2.34. The molecular weight excluding hydrogens is 228 g/mol. The third kappa shape index (κ3) is 2.14. The minimum atomic E-state index is 0.520. The molecule has 5 nitrogen and oxygen atoms in total. The Labute approximate surface area is 108 Å². The highest BCUT2D eigenvalue weighted by atomic mass is 16.5. The van der Waals surface area contributed by atoms with Crippen LogP contribution < -0.4 is 10.1 Å². The lowest BCUT2D eigenvalue weighted by molar-refractivity contribution is 0.318. The second-order valence-corrected chi connectivity index (χ2v) is 5.13. The predicted octanol–water partition coefficient (Wildman–Crippen LogP) is 1.44. The SMILES string of the molecule is COc1cc(NC2CCN3CCCC23)nc(C)n1. The Morgan fingerprint density at radius 2 is 2.22 bits per heavy atom. The van der Waals surface area contributed by atoms with Gasteiger partial charge >= 0.3 is 0 Å². The maximum atomic E-state index is 5.19. The number of nitrogens with zero attached hydrogens (tertiary/aromatic N) is 3. The lowest BCUT2D eigenvalue weighted by atomic mass is 10.1. The van der Waals surface area contributed by atoms with Crippen LogP contribution in [0.1, 0.15) is 25.1 Å². The van der Waals surface area contributed by atoms with Crippen LogP contribution in [-0.2, 0) is 0 Å². The maximum absolute atomic E-state index is 5.19. The summed E-state index contributed by atoms with van der Waals surface area (Å²) in [4.78, 5) is 11.2. The van der Waals surface area contributed by atoms with E-state index in [0.29, 0.717) is 18.0 Å². The summed E-state index contributed by atoms with van der Waals surface area (Å²) in [6.45, 7) is 4.36. The Kier molecular flexibility index (Phi) is 3.07. The Bertz CT molecular complexity index is 437. The normalized spacial score (nSPS) is 27.2. The van der Waals surface area contributed by atoms with Crippen molar-refractivity contribution in [1.29, 1.82) is 0 Å². The smallest absolute Gasteiger partial charge is 0.218 e. The zero-order valence-electron chi connectivity index (χ0n) is 11.0. The van der Waals surface area contributed by atoms with Crippen LogP contribution in [0.15, 0.2) is 6.07 Å². The van der Waals surface area contributed by atoms with Crippen molar-refractivity contribution in [1.82, 2.24) is 14.9 Å². The minimum Gasteiger partial charge on any atom is -0.481 e. The number of aryl methyl sites for hydroxylation is 1. The quantitative estimate of drug-likeness (QED) is 0.877. The molecular formula is C13H20N4O. The van der Waals surface area contributed by atoms with Gasteiger partial charge in [-0.15, -0.1) is 0 Å². The number of aromatic nitrogens is 2. The van der Waals surface area contributed by atoms with E-state index in [9.17, 15) is 0 Å². The summed E-state index contributed by atoms with van der Waals surface area (Å²) in [6, 6.07) is 3.09. The van der Waals surface area contributed by atoms with Crippen molar-refractivity contribution in [2.45, 2.75) is 38.3 Å². The molecule has 0 saturated carbocycles. The van der Waals surface area contributed by atoms with Gasteiger partial charge in [-0.25, -0.2) is 4.98 Å². The predicted molar refractivity (Wildman–Crippen MR) is 69.9 cm³/mol. The fourth-order valence-electron chi connectivity index (χ4n) is 3.16. The maximum Gasteiger partial charge on any atom is 0.218 e. The second-order valence-electron chi connectivity index (χ2n) is 5.13. The molecule has 3 rings (SSSR count). The monoisotopic (exact) mass is 248 g/mol. The van der Waals surface area contributed by atoms with Crippen molar-refractivity contribution < 1.29 is 4.74 Å². The van der Waals surface area contributed by atoms with Gasteiger partial charge < -0.3 is 10.1 Å². The van der Waals surface area contributed by atoms with Crippen LogP contribution in [-0.4, -0.2) is 47.2 Å². The molecule has 2 saturated heterocycles. The Hall–Kier alpha value is -1.36. The molecule has 18 heavy (non-hydrogen) atoms. The van der Waals surface area contributed by atoms with E-state index >= 15 is 0 Å². The number of rotatable bonds is 3. The van der Waals surface area contributed by atoms with Gasteiger partial charge in [0.25, 0.3) is 0 Å². The Morgan fingerprint density at radius 1 is 1.33 bits per heavy atom. The Balaban J connectivity index is 1.74. The molecule has 1 aromatic heterocycles. The van der Waals surface area contributed by atoms with Gasteiger partial charge in [0.2, 0.25) is 5.88 Å². The molecule has 0 amide bonds. The zero-order chi connectivity index (χ0) is 12.5. The molecule has 2 unspecified atom stereocenters. The third-order valence-electron chi connectivity index (χ3n) is 3.96. The van der Waals surface area contributed by atoms with E-state index in [1.807, 2.05) is 13.0 Å². The Morgan fingerprint density at radius 3 is 3.06 bits per heavy atom. The largest absolute Gasteiger partial charge is 0.481 e. The molecule has 5 heteroatoms. The van der Waals surface area contributed by atoms with Crippen LogP contribution in [0.3, 0.4) is 0 Å². The molecule has 0 radical (unpaired) electrons. The first-order valence-electron chi connectivity index (χ1n) is 6.66. The van der Waals surface area contributed by atoms with Gasteiger partial charge in [-0.1, -0.05) is 0 Å². The summed E-state index contributed by atoms with van der Waals surface area (Å²) in [5.41, 5.74) is 0. The summed E-state index contributed by atoms with van der Waals surface area (Å²) in [5.74, 6) is 2.27. The molecule has 3 heterocycles. The molecule has 1 aromatic rings. The van der Waals surface area contributed by atoms with E-state index in [-0.39, 0.29) is 0 Å². The average Bonchev–Trinajstić information content (AvgIpc) is 2.93. The van der Waals surface area contributed by atoms with E-state index in [1.54, 1.807) is 7.11 Å². The van der Waals surface area contributed by atoms with Crippen LogP contribution in [0.2, 0.25) is 0 Å². The summed E-state index contributed by atoms with van der Waals surface area (Å²) in [7, 11) is 1.64. The summed E-state index contributed by atoms with van der Waals surface area (Å²) in [5, 5.41) is 3.56. The average molecular weight is 248 g/mol. The van der Waals surface area contributed by atoms with Gasteiger partial charge in [-0.3, -0.25) is 4.90 Å². The van der Waals surface area contributed by atoms with Crippen LogP contribution in [0.4, 0.5) is 5.82 Å². The first kappa shape index (κ1) is 11.7. The van der Waals surface area contributed by atoms with Crippen molar-refractivity contribution in [2.75, 3.05) is 25.5 Å². The zero-order valence-corrected chi connectivity index (χ0v) is 11.0. The summed E-state index contributed by atoms with van der Waals surface area (Å²) >= 11 is 0. The first-order chi connectivity index (χ1) is 8.76. The molecule has 2 aliphatic rings. The molecule has 2 atom stereocenters. The van der Waals surface area contributed by atoms with Crippen molar-refractivity contribution in [3.63, 3.8) is 0 Å². The molecule has 0 aromatic carbocycles. The fraction of sp³-hybridized carbons (Fsp3) is 0.692. The number of fused-ring (bicyclic) bond motifs is 1. The van der Waals surface area contributed by atoms with Gasteiger partial charge in [-0.05, 0) is 32.7 Å². The topological polar surface area (TPSA) is 50.3 Å². The van der Waals surface area contributed by atoms with E-state index in [0.717, 1.165) is 11.6 Å². The van der Waals surface area contributed by atoms with Crippen molar-refractivity contribution in [2.24, 2.45) is 0 Å². The number of methoxy groups -OCH3 is 1. The molecule has 1 N–H and O–H groups in total. The first-order valence-corrected chi connectivity index (χ1v) is 6.66. The molecule has 0 aliphatic carbocycles. The van der Waals surface area contributed by atoms with Crippen molar-refractivity contribution in [3.05, 3.63) is 11.9 Å². The van der Waals surface area contributed by atoms with Crippen LogP contribution in [0, 0.1) is 6.92 Å². The van der Waals surface area contributed by atoms with Crippen LogP contribution in [0.5, 0.6) is 5.88 Å². The van der Waals surface area contributed by atoms with Gasteiger partial charge in [0.1, 0.15) is 11.6 Å². The molecule has 0 spiro atoms. The highest BCUT2D eigenvalue weighted by Gasteiger charge is 2.37. The van der Waals surface area contributed by atoms with Crippen LogP contribution >= 0.6 is 0 Å². The van der Waals surface area contributed by atoms with Crippen LogP contribution in [0.25, 0.3) is 0 Å². The number of hydrogen-bond acceptors (Lipinski definition) is 5. The van der Waals surface area contributed by atoms with E-state index in [2.05, 4.69) is 20.2 Å². The van der Waals surface area contributed by atoms with E-state index < -0.39 is 0 Å². The molecule has 2 aliphatic heterocycles. The van der Waals surface area contributed by atoms with E-state index in [1.165, 1.54) is 32.4 Å². The number of ether oxygens (including phenoxy) is 1. The summed E-state index contributed by atoms with van der Waals surface area (Å²) in [6.07, 6.45) is 3.84. The van der Waals surface area contributed by atoms with Gasteiger partial charge in [0.15, 0.2) is 0 Å². The third-order valence-corrected chi connectivity index (χ3v) is 3.96. The number of nitrogens with one attached hydrogen (secondary N) is 1.